The van der Waals surface area contributed by atoms with Gasteiger partial charge in [0.15, 0.2) is 5.78 Å². The van der Waals surface area contributed by atoms with Crippen molar-refractivity contribution in [3.05, 3.63) is 71.3 Å². The minimum absolute atomic E-state index is 0.0736. The Balaban J connectivity index is 1.54. The molecule has 1 aliphatic heterocycles. The number of hydrogen-bond acceptors (Lipinski definition) is 3. The first kappa shape index (κ1) is 19.3. The van der Waals surface area contributed by atoms with E-state index >= 15 is 0 Å². The molecule has 1 saturated heterocycles. The molecule has 142 valence electrons. The van der Waals surface area contributed by atoms with Crippen molar-refractivity contribution in [1.82, 2.24) is 9.80 Å². The molecule has 0 atom stereocenters. The molecule has 1 heterocycles. The summed E-state index contributed by atoms with van der Waals surface area (Å²) in [5, 5.41) is 0. The second kappa shape index (κ2) is 8.05. The van der Waals surface area contributed by atoms with Gasteiger partial charge in [0.25, 0.3) is 5.91 Å². The van der Waals surface area contributed by atoms with E-state index in [2.05, 4.69) is 25.7 Å². The molecule has 2 aromatic rings. The summed E-state index contributed by atoms with van der Waals surface area (Å²) >= 11 is 0. The van der Waals surface area contributed by atoms with Crippen LogP contribution in [0.15, 0.2) is 54.6 Å². The standard InChI is InChI=1S/C23H28N2O2/c1-23(2,3)20-11-9-19(10-12-20)22(27)25-15-13-24(14-16-25)17-21(26)18-7-5-4-6-8-18/h4-12H,13-17H2,1-3H3. The van der Waals surface area contributed by atoms with E-state index in [-0.39, 0.29) is 17.1 Å². The third-order valence-corrected chi connectivity index (χ3v) is 5.12. The minimum atomic E-state index is 0.0736. The Morgan fingerprint density at radius 3 is 1.96 bits per heavy atom. The Kier molecular flexibility index (Phi) is 5.76. The SMILES string of the molecule is CC(C)(C)c1ccc(C(=O)N2CCN(CC(=O)c3ccccc3)CC2)cc1. The van der Waals surface area contributed by atoms with Crippen LogP contribution in [0.3, 0.4) is 0 Å². The zero-order valence-corrected chi connectivity index (χ0v) is 16.4. The lowest BCUT2D eigenvalue weighted by Gasteiger charge is -2.34. The molecule has 1 aliphatic rings. The smallest absolute Gasteiger partial charge is 0.253 e. The number of carbonyl (C=O) groups excluding carboxylic acids is 2. The lowest BCUT2D eigenvalue weighted by atomic mass is 9.86. The predicted octanol–water partition coefficient (Wildman–Crippen LogP) is 3.62. The molecule has 0 unspecified atom stereocenters. The Morgan fingerprint density at radius 1 is 0.815 bits per heavy atom. The maximum Gasteiger partial charge on any atom is 0.253 e. The lowest BCUT2D eigenvalue weighted by Crippen LogP contribution is -2.49. The van der Waals surface area contributed by atoms with Crippen LogP contribution in [0.1, 0.15) is 47.1 Å². The van der Waals surface area contributed by atoms with Crippen LogP contribution >= 0.6 is 0 Å². The van der Waals surface area contributed by atoms with Crippen molar-refractivity contribution in [2.24, 2.45) is 0 Å². The Hall–Kier alpha value is -2.46. The zero-order chi connectivity index (χ0) is 19.4. The lowest BCUT2D eigenvalue weighted by molar-refractivity contribution is 0.0624. The van der Waals surface area contributed by atoms with Crippen LogP contribution in [0.25, 0.3) is 0 Å². The Labute approximate surface area is 161 Å². The number of rotatable bonds is 4. The van der Waals surface area contributed by atoms with Crippen molar-refractivity contribution in [2.75, 3.05) is 32.7 Å². The number of ketones is 1. The molecule has 0 saturated carbocycles. The highest BCUT2D eigenvalue weighted by molar-refractivity contribution is 5.97. The van der Waals surface area contributed by atoms with E-state index in [0.717, 1.165) is 24.2 Å². The number of hydrogen-bond donors (Lipinski definition) is 0. The summed E-state index contributed by atoms with van der Waals surface area (Å²) in [5.41, 5.74) is 2.79. The van der Waals surface area contributed by atoms with Gasteiger partial charge >= 0.3 is 0 Å². The van der Waals surface area contributed by atoms with Crippen LogP contribution in [-0.2, 0) is 5.41 Å². The van der Waals surface area contributed by atoms with Crippen LogP contribution in [0.4, 0.5) is 0 Å². The molecule has 1 fully saturated rings. The van der Waals surface area contributed by atoms with E-state index in [4.69, 9.17) is 0 Å². The molecular weight excluding hydrogens is 336 g/mol. The van der Waals surface area contributed by atoms with Gasteiger partial charge in [-0.3, -0.25) is 14.5 Å². The third-order valence-electron chi connectivity index (χ3n) is 5.12. The molecule has 0 radical (unpaired) electrons. The van der Waals surface area contributed by atoms with E-state index < -0.39 is 0 Å². The highest BCUT2D eigenvalue weighted by Gasteiger charge is 2.24. The van der Waals surface area contributed by atoms with Crippen LogP contribution in [-0.4, -0.2) is 54.2 Å². The summed E-state index contributed by atoms with van der Waals surface area (Å²) in [6.07, 6.45) is 0. The number of nitrogens with zero attached hydrogens (tertiary/aromatic N) is 2. The second-order valence-corrected chi connectivity index (χ2v) is 8.18. The molecule has 0 N–H and O–H groups in total. The molecule has 0 aliphatic carbocycles. The number of carbonyl (C=O) groups is 2. The van der Waals surface area contributed by atoms with E-state index in [1.54, 1.807) is 0 Å². The molecule has 0 spiro atoms. The zero-order valence-electron chi connectivity index (χ0n) is 16.4. The summed E-state index contributed by atoms with van der Waals surface area (Å²) in [6.45, 7) is 9.67. The largest absolute Gasteiger partial charge is 0.336 e. The molecule has 2 aromatic carbocycles. The summed E-state index contributed by atoms with van der Waals surface area (Å²) in [4.78, 5) is 29.1. The van der Waals surface area contributed by atoms with Gasteiger partial charge in [0, 0.05) is 37.3 Å². The molecule has 0 aromatic heterocycles. The van der Waals surface area contributed by atoms with Crippen LogP contribution < -0.4 is 0 Å². The quantitative estimate of drug-likeness (QED) is 0.778. The van der Waals surface area contributed by atoms with Gasteiger partial charge in [-0.2, -0.15) is 0 Å². The normalized spacial score (nSPS) is 15.6. The average molecular weight is 364 g/mol. The average Bonchev–Trinajstić information content (AvgIpc) is 2.68. The fraction of sp³-hybridized carbons (Fsp3) is 0.391. The number of Topliss-reactive ketones (excluding diaryl/α,β-unsaturated/α-hetero) is 1. The molecule has 4 nitrogen and oxygen atoms in total. The predicted molar refractivity (Wildman–Crippen MR) is 108 cm³/mol. The summed E-state index contributed by atoms with van der Waals surface area (Å²) in [5.74, 6) is 0.206. The van der Waals surface area contributed by atoms with Gasteiger partial charge in [-0.15, -0.1) is 0 Å². The van der Waals surface area contributed by atoms with Gasteiger partial charge < -0.3 is 4.90 Å². The summed E-state index contributed by atoms with van der Waals surface area (Å²) < 4.78 is 0. The molecule has 27 heavy (non-hydrogen) atoms. The van der Waals surface area contributed by atoms with Gasteiger partial charge in [-0.25, -0.2) is 0 Å². The van der Waals surface area contributed by atoms with Gasteiger partial charge in [-0.1, -0.05) is 63.2 Å². The minimum Gasteiger partial charge on any atom is -0.336 e. The van der Waals surface area contributed by atoms with Gasteiger partial charge in [0.2, 0.25) is 0 Å². The van der Waals surface area contributed by atoms with Crippen molar-refractivity contribution >= 4 is 11.7 Å². The van der Waals surface area contributed by atoms with Crippen molar-refractivity contribution in [1.29, 1.82) is 0 Å². The van der Waals surface area contributed by atoms with Gasteiger partial charge in [0.05, 0.1) is 6.54 Å². The monoisotopic (exact) mass is 364 g/mol. The molecule has 1 amide bonds. The number of piperazine rings is 1. The Bertz CT molecular complexity index is 783. The van der Waals surface area contributed by atoms with Crippen molar-refractivity contribution in [3.8, 4) is 0 Å². The first-order valence-corrected chi connectivity index (χ1v) is 9.55. The topological polar surface area (TPSA) is 40.6 Å². The van der Waals surface area contributed by atoms with Crippen molar-refractivity contribution in [2.45, 2.75) is 26.2 Å². The Morgan fingerprint density at radius 2 is 1.41 bits per heavy atom. The summed E-state index contributed by atoms with van der Waals surface area (Å²) in [7, 11) is 0. The first-order valence-electron chi connectivity index (χ1n) is 9.55. The second-order valence-electron chi connectivity index (χ2n) is 8.18. The number of benzene rings is 2. The van der Waals surface area contributed by atoms with Crippen LogP contribution in [0.5, 0.6) is 0 Å². The van der Waals surface area contributed by atoms with E-state index in [1.807, 2.05) is 59.5 Å². The van der Waals surface area contributed by atoms with Gasteiger partial charge in [-0.05, 0) is 23.1 Å². The maximum absolute atomic E-state index is 12.8. The molecule has 0 bridgehead atoms. The number of amides is 1. The molecular formula is C23H28N2O2. The molecule has 3 rings (SSSR count). The maximum atomic E-state index is 12.8. The van der Waals surface area contributed by atoms with E-state index in [0.29, 0.717) is 19.6 Å². The van der Waals surface area contributed by atoms with E-state index in [1.165, 1.54) is 5.56 Å². The fourth-order valence-corrected chi connectivity index (χ4v) is 3.32. The first-order chi connectivity index (χ1) is 12.8. The van der Waals surface area contributed by atoms with Crippen molar-refractivity contribution in [3.63, 3.8) is 0 Å². The van der Waals surface area contributed by atoms with Crippen molar-refractivity contribution < 1.29 is 9.59 Å². The van der Waals surface area contributed by atoms with Crippen LogP contribution in [0, 0.1) is 0 Å². The fourth-order valence-electron chi connectivity index (χ4n) is 3.32. The summed E-state index contributed by atoms with van der Waals surface area (Å²) in [6, 6.07) is 17.3. The third kappa shape index (κ3) is 4.83. The van der Waals surface area contributed by atoms with Crippen LogP contribution in [0.2, 0.25) is 0 Å². The van der Waals surface area contributed by atoms with E-state index in [9.17, 15) is 9.59 Å². The highest BCUT2D eigenvalue weighted by Crippen LogP contribution is 2.22. The molecule has 4 heteroatoms. The van der Waals surface area contributed by atoms with Gasteiger partial charge in [0.1, 0.15) is 0 Å². The highest BCUT2D eigenvalue weighted by atomic mass is 16.2.